The van der Waals surface area contributed by atoms with Gasteiger partial charge in [-0.2, -0.15) is 0 Å². The minimum atomic E-state index is -1.01. The lowest BCUT2D eigenvalue weighted by Crippen LogP contribution is -2.35. The number of aliphatic carboxylic acids is 1. The highest BCUT2D eigenvalue weighted by Gasteiger charge is 2.30. The molecule has 1 unspecified atom stereocenters. The molecule has 4 nitrogen and oxygen atoms in total. The minimum absolute atomic E-state index is 0.0735. The van der Waals surface area contributed by atoms with Gasteiger partial charge in [-0.15, -0.1) is 0 Å². The van der Waals surface area contributed by atoms with Crippen molar-refractivity contribution in [2.24, 2.45) is 0 Å². The third kappa shape index (κ3) is 1.08. The first kappa shape index (κ1) is 8.74. The summed E-state index contributed by atoms with van der Waals surface area (Å²) in [5.74, 6) is -1.16. The fraction of sp³-hybridized carbons (Fsp3) is 0.200. The van der Waals surface area contributed by atoms with Crippen LogP contribution in [0.1, 0.15) is 6.92 Å². The number of allylic oxidation sites excluding steroid dienone is 1. The number of carbonyl (C=O) groups is 2. The van der Waals surface area contributed by atoms with Gasteiger partial charge in [-0.25, -0.2) is 4.79 Å². The first-order chi connectivity index (χ1) is 6.61. The third-order valence-electron chi connectivity index (χ3n) is 2.34. The van der Waals surface area contributed by atoms with Gasteiger partial charge >= 0.3 is 5.97 Å². The van der Waals surface area contributed by atoms with E-state index in [0.717, 1.165) is 0 Å². The van der Waals surface area contributed by atoms with Crippen molar-refractivity contribution in [1.82, 2.24) is 4.90 Å². The summed E-state index contributed by atoms with van der Waals surface area (Å²) >= 11 is 0. The molecule has 0 radical (unpaired) electrons. The van der Waals surface area contributed by atoms with Crippen molar-refractivity contribution in [3.63, 3.8) is 0 Å². The first-order valence-corrected chi connectivity index (χ1v) is 4.28. The molecule has 1 atom stereocenters. The molecule has 0 saturated heterocycles. The summed E-state index contributed by atoms with van der Waals surface area (Å²) in [6.45, 7) is 1.85. The summed E-state index contributed by atoms with van der Waals surface area (Å²) < 4.78 is 0. The van der Waals surface area contributed by atoms with Crippen LogP contribution < -0.4 is 0 Å². The van der Waals surface area contributed by atoms with Crippen molar-refractivity contribution >= 4 is 11.9 Å². The Morgan fingerprint density at radius 2 is 2.14 bits per heavy atom. The highest BCUT2D eigenvalue weighted by Crippen LogP contribution is 2.27. The monoisotopic (exact) mass is 191 g/mol. The van der Waals surface area contributed by atoms with E-state index in [9.17, 15) is 9.59 Å². The second-order valence-corrected chi connectivity index (χ2v) is 3.25. The van der Waals surface area contributed by atoms with Gasteiger partial charge in [-0.1, -0.05) is 6.08 Å². The van der Waals surface area contributed by atoms with E-state index in [1.54, 1.807) is 18.2 Å². The fourth-order valence-corrected chi connectivity index (χ4v) is 1.66. The van der Waals surface area contributed by atoms with Crippen LogP contribution in [-0.4, -0.2) is 27.9 Å². The van der Waals surface area contributed by atoms with Crippen molar-refractivity contribution in [2.75, 3.05) is 0 Å². The van der Waals surface area contributed by atoms with Crippen LogP contribution in [0, 0.1) is 0 Å². The van der Waals surface area contributed by atoms with Gasteiger partial charge < -0.3 is 10.0 Å². The van der Waals surface area contributed by atoms with Crippen molar-refractivity contribution < 1.29 is 14.7 Å². The second kappa shape index (κ2) is 2.83. The van der Waals surface area contributed by atoms with Gasteiger partial charge in [0.15, 0.2) is 0 Å². The molecule has 4 heteroatoms. The van der Waals surface area contributed by atoms with Gasteiger partial charge in [0.2, 0.25) is 0 Å². The Kier molecular flexibility index (Phi) is 1.77. The summed E-state index contributed by atoms with van der Waals surface area (Å²) in [6.07, 6.45) is 6.19. The standard InChI is InChI=1S/C10H9NO3/c1-6-2-3-7(10(13)14)8-4-5-9(12)11(6)8/h2-6H,1H3,(H,13,14). The number of rotatable bonds is 1. The number of amides is 1. The molecule has 0 aromatic heterocycles. The van der Waals surface area contributed by atoms with Crippen LogP contribution in [0.5, 0.6) is 0 Å². The maximum Gasteiger partial charge on any atom is 0.337 e. The average Bonchev–Trinajstić information content (AvgIpc) is 2.49. The van der Waals surface area contributed by atoms with E-state index in [1.165, 1.54) is 11.0 Å². The van der Waals surface area contributed by atoms with E-state index in [1.807, 2.05) is 6.92 Å². The fourth-order valence-electron chi connectivity index (χ4n) is 1.66. The molecule has 2 heterocycles. The minimum Gasteiger partial charge on any atom is -0.478 e. The smallest absolute Gasteiger partial charge is 0.337 e. The quantitative estimate of drug-likeness (QED) is 0.663. The number of carbonyl (C=O) groups excluding carboxylic acids is 1. The molecule has 0 bridgehead atoms. The molecule has 0 fully saturated rings. The number of carboxylic acids is 1. The van der Waals surface area contributed by atoms with Gasteiger partial charge in [0.1, 0.15) is 0 Å². The van der Waals surface area contributed by atoms with Crippen LogP contribution >= 0.6 is 0 Å². The molecule has 14 heavy (non-hydrogen) atoms. The molecule has 2 aliphatic rings. The van der Waals surface area contributed by atoms with E-state index in [4.69, 9.17) is 5.11 Å². The Hall–Kier alpha value is -1.84. The van der Waals surface area contributed by atoms with Gasteiger partial charge in [-0.3, -0.25) is 4.79 Å². The highest BCUT2D eigenvalue weighted by molar-refractivity contribution is 5.99. The molecule has 2 rings (SSSR count). The first-order valence-electron chi connectivity index (χ1n) is 4.28. The number of carboxylic acid groups (broad SMARTS) is 1. The molecule has 0 aliphatic carbocycles. The van der Waals surface area contributed by atoms with E-state index >= 15 is 0 Å². The summed E-state index contributed by atoms with van der Waals surface area (Å²) in [5.41, 5.74) is 0.655. The zero-order valence-corrected chi connectivity index (χ0v) is 7.60. The molecular weight excluding hydrogens is 182 g/mol. The van der Waals surface area contributed by atoms with Crippen LogP contribution in [0.25, 0.3) is 0 Å². The molecule has 1 N–H and O–H groups in total. The summed E-state index contributed by atoms with van der Waals surface area (Å²) in [4.78, 5) is 23.7. The van der Waals surface area contributed by atoms with Crippen LogP contribution in [0.4, 0.5) is 0 Å². The van der Waals surface area contributed by atoms with Crippen molar-refractivity contribution in [2.45, 2.75) is 13.0 Å². The Labute approximate surface area is 80.8 Å². The zero-order chi connectivity index (χ0) is 10.3. The van der Waals surface area contributed by atoms with E-state index in [-0.39, 0.29) is 17.5 Å². The van der Waals surface area contributed by atoms with Gasteiger partial charge in [0.25, 0.3) is 5.91 Å². The highest BCUT2D eigenvalue weighted by atomic mass is 16.4. The van der Waals surface area contributed by atoms with Gasteiger partial charge in [0.05, 0.1) is 17.3 Å². The molecule has 72 valence electrons. The van der Waals surface area contributed by atoms with Crippen LogP contribution in [-0.2, 0) is 9.59 Å². The molecule has 0 aromatic carbocycles. The molecule has 0 spiro atoms. The number of fused-ring (bicyclic) bond motifs is 1. The lowest BCUT2D eigenvalue weighted by atomic mass is 10.1. The van der Waals surface area contributed by atoms with Gasteiger partial charge in [-0.05, 0) is 19.1 Å². The lowest BCUT2D eigenvalue weighted by molar-refractivity contribution is -0.132. The second-order valence-electron chi connectivity index (χ2n) is 3.25. The molecule has 0 saturated carbocycles. The SMILES string of the molecule is CC1C=CC(C(=O)O)=C2C=CC(=O)N21. The largest absolute Gasteiger partial charge is 0.478 e. The number of hydrogen-bond donors (Lipinski definition) is 1. The molecule has 2 aliphatic heterocycles. The molecule has 0 aromatic rings. The average molecular weight is 191 g/mol. The van der Waals surface area contributed by atoms with Crippen molar-refractivity contribution in [3.8, 4) is 0 Å². The predicted octanol–water partition coefficient (Wildman–Crippen LogP) is 0.682. The van der Waals surface area contributed by atoms with E-state index in [0.29, 0.717) is 5.70 Å². The molecule has 1 amide bonds. The summed E-state index contributed by atoms with van der Waals surface area (Å²) in [7, 11) is 0. The van der Waals surface area contributed by atoms with Crippen LogP contribution in [0.15, 0.2) is 35.6 Å². The number of nitrogens with zero attached hydrogens (tertiary/aromatic N) is 1. The maximum absolute atomic E-state index is 11.4. The van der Waals surface area contributed by atoms with Crippen molar-refractivity contribution in [1.29, 1.82) is 0 Å². The predicted molar refractivity (Wildman–Crippen MR) is 49.2 cm³/mol. The van der Waals surface area contributed by atoms with Crippen molar-refractivity contribution in [3.05, 3.63) is 35.6 Å². The summed E-state index contributed by atoms with van der Waals surface area (Å²) in [6, 6.07) is -0.0735. The Balaban J connectivity index is 2.52. The third-order valence-corrected chi connectivity index (χ3v) is 2.34. The topological polar surface area (TPSA) is 57.6 Å². The van der Waals surface area contributed by atoms with Crippen LogP contribution in [0.2, 0.25) is 0 Å². The lowest BCUT2D eigenvalue weighted by Gasteiger charge is -2.27. The Morgan fingerprint density at radius 3 is 2.79 bits per heavy atom. The van der Waals surface area contributed by atoms with E-state index < -0.39 is 5.97 Å². The normalized spacial score (nSPS) is 24.5. The maximum atomic E-state index is 11.4. The Morgan fingerprint density at radius 1 is 1.43 bits per heavy atom. The number of hydrogen-bond acceptors (Lipinski definition) is 2. The Bertz CT molecular complexity index is 404. The zero-order valence-electron chi connectivity index (χ0n) is 7.60. The van der Waals surface area contributed by atoms with E-state index in [2.05, 4.69) is 0 Å². The molecular formula is C10H9NO3. The summed E-state index contributed by atoms with van der Waals surface area (Å²) in [5, 5.41) is 8.88. The van der Waals surface area contributed by atoms with Crippen LogP contribution in [0.3, 0.4) is 0 Å². The van der Waals surface area contributed by atoms with Gasteiger partial charge in [0, 0.05) is 6.08 Å².